The van der Waals surface area contributed by atoms with Gasteiger partial charge >= 0.3 is 0 Å². The van der Waals surface area contributed by atoms with Gasteiger partial charge in [0.05, 0.1) is 12.1 Å². The molecule has 0 fully saturated rings. The SMILES string of the molecule is CCCc1nc(Cc2csc(N)n2)n(C)n1. The zero-order chi connectivity index (χ0) is 11.5. The topological polar surface area (TPSA) is 69.6 Å². The van der Waals surface area contributed by atoms with Gasteiger partial charge in [-0.3, -0.25) is 4.68 Å². The molecule has 0 bridgehead atoms. The van der Waals surface area contributed by atoms with Crippen molar-refractivity contribution >= 4 is 16.5 Å². The first-order valence-electron chi connectivity index (χ1n) is 5.27. The highest BCUT2D eigenvalue weighted by Gasteiger charge is 2.09. The number of nitrogens with two attached hydrogens (primary N) is 1. The van der Waals surface area contributed by atoms with Crippen LogP contribution in [-0.2, 0) is 19.9 Å². The smallest absolute Gasteiger partial charge is 0.180 e. The summed E-state index contributed by atoms with van der Waals surface area (Å²) in [5.74, 6) is 1.84. The van der Waals surface area contributed by atoms with Gasteiger partial charge < -0.3 is 5.73 Å². The summed E-state index contributed by atoms with van der Waals surface area (Å²) in [7, 11) is 1.91. The van der Waals surface area contributed by atoms with Crippen molar-refractivity contribution in [1.29, 1.82) is 0 Å². The molecular formula is C10H15N5S. The number of aromatic nitrogens is 4. The molecule has 0 spiro atoms. The fourth-order valence-electron chi connectivity index (χ4n) is 1.52. The maximum absolute atomic E-state index is 5.59. The first-order chi connectivity index (χ1) is 7.69. The van der Waals surface area contributed by atoms with Crippen LogP contribution in [0.5, 0.6) is 0 Å². The second-order valence-corrected chi connectivity index (χ2v) is 4.56. The molecule has 16 heavy (non-hydrogen) atoms. The van der Waals surface area contributed by atoms with Crippen LogP contribution in [0.1, 0.15) is 30.7 Å². The Labute approximate surface area is 98.3 Å². The standard InChI is InChI=1S/C10H15N5S/c1-3-4-8-13-9(15(2)14-8)5-7-6-16-10(11)12-7/h6H,3-5H2,1-2H3,(H2,11,12). The van der Waals surface area contributed by atoms with Gasteiger partial charge in [-0.1, -0.05) is 6.92 Å². The number of nitrogens with zero attached hydrogens (tertiary/aromatic N) is 4. The van der Waals surface area contributed by atoms with Crippen LogP contribution >= 0.6 is 11.3 Å². The van der Waals surface area contributed by atoms with Gasteiger partial charge in [0.2, 0.25) is 0 Å². The van der Waals surface area contributed by atoms with E-state index >= 15 is 0 Å². The average molecular weight is 237 g/mol. The Morgan fingerprint density at radius 3 is 2.88 bits per heavy atom. The summed E-state index contributed by atoms with van der Waals surface area (Å²) in [4.78, 5) is 8.70. The molecule has 86 valence electrons. The number of nitrogen functional groups attached to an aromatic ring is 1. The molecule has 0 amide bonds. The van der Waals surface area contributed by atoms with E-state index in [2.05, 4.69) is 22.0 Å². The number of anilines is 1. The second kappa shape index (κ2) is 4.61. The Bertz CT molecular complexity index is 473. The summed E-state index contributed by atoms with van der Waals surface area (Å²) >= 11 is 1.46. The minimum atomic E-state index is 0.603. The van der Waals surface area contributed by atoms with Crippen LogP contribution in [0.15, 0.2) is 5.38 Å². The van der Waals surface area contributed by atoms with E-state index in [-0.39, 0.29) is 0 Å². The molecule has 2 rings (SSSR count). The molecule has 2 aromatic rings. The highest BCUT2D eigenvalue weighted by atomic mass is 32.1. The molecular weight excluding hydrogens is 222 g/mol. The summed E-state index contributed by atoms with van der Waals surface area (Å²) in [6, 6.07) is 0. The Balaban J connectivity index is 2.14. The summed E-state index contributed by atoms with van der Waals surface area (Å²) in [6.07, 6.45) is 2.68. The van der Waals surface area contributed by atoms with Gasteiger partial charge in [0.15, 0.2) is 11.0 Å². The average Bonchev–Trinajstić information content (AvgIpc) is 2.76. The fraction of sp³-hybridized carbons (Fsp3) is 0.500. The minimum Gasteiger partial charge on any atom is -0.375 e. The molecule has 0 saturated carbocycles. The molecule has 0 unspecified atom stereocenters. The highest BCUT2D eigenvalue weighted by molar-refractivity contribution is 7.13. The van der Waals surface area contributed by atoms with Crippen molar-refractivity contribution in [2.75, 3.05) is 5.73 Å². The van der Waals surface area contributed by atoms with Crippen molar-refractivity contribution in [2.24, 2.45) is 7.05 Å². The lowest BCUT2D eigenvalue weighted by Crippen LogP contribution is -2.00. The molecule has 2 N–H and O–H groups in total. The van der Waals surface area contributed by atoms with Gasteiger partial charge in [0.25, 0.3) is 0 Å². The van der Waals surface area contributed by atoms with Crippen molar-refractivity contribution in [1.82, 2.24) is 19.7 Å². The van der Waals surface area contributed by atoms with Gasteiger partial charge in [-0.05, 0) is 6.42 Å². The Kier molecular flexibility index (Phi) is 3.19. The van der Waals surface area contributed by atoms with Crippen molar-refractivity contribution in [2.45, 2.75) is 26.2 Å². The van der Waals surface area contributed by atoms with E-state index in [1.807, 2.05) is 17.1 Å². The molecule has 2 heterocycles. The zero-order valence-corrected chi connectivity index (χ0v) is 10.3. The zero-order valence-electron chi connectivity index (χ0n) is 9.47. The van der Waals surface area contributed by atoms with Crippen molar-refractivity contribution < 1.29 is 0 Å². The van der Waals surface area contributed by atoms with Crippen molar-refractivity contribution in [3.05, 3.63) is 22.7 Å². The normalized spacial score (nSPS) is 10.9. The molecule has 0 aliphatic rings. The number of hydrogen-bond donors (Lipinski definition) is 1. The molecule has 0 saturated heterocycles. The number of hydrogen-bond acceptors (Lipinski definition) is 5. The Morgan fingerprint density at radius 2 is 2.25 bits per heavy atom. The third-order valence-corrected chi connectivity index (χ3v) is 3.00. The van der Waals surface area contributed by atoms with E-state index in [9.17, 15) is 0 Å². The molecule has 6 heteroatoms. The Morgan fingerprint density at radius 1 is 1.44 bits per heavy atom. The quantitative estimate of drug-likeness (QED) is 0.872. The first-order valence-corrected chi connectivity index (χ1v) is 6.15. The number of aryl methyl sites for hydroxylation is 2. The largest absolute Gasteiger partial charge is 0.375 e. The molecule has 0 aliphatic carbocycles. The predicted octanol–water partition coefficient (Wildman–Crippen LogP) is 1.40. The van der Waals surface area contributed by atoms with Crippen LogP contribution in [0.25, 0.3) is 0 Å². The third kappa shape index (κ3) is 2.38. The van der Waals surface area contributed by atoms with Gasteiger partial charge in [-0.2, -0.15) is 5.10 Å². The first kappa shape index (κ1) is 11.1. The van der Waals surface area contributed by atoms with E-state index in [1.54, 1.807) is 0 Å². The van der Waals surface area contributed by atoms with Gasteiger partial charge in [-0.15, -0.1) is 11.3 Å². The van der Waals surface area contributed by atoms with E-state index in [0.29, 0.717) is 11.6 Å². The lowest BCUT2D eigenvalue weighted by molar-refractivity contribution is 0.699. The maximum atomic E-state index is 5.59. The van der Waals surface area contributed by atoms with Crippen LogP contribution in [0, 0.1) is 0 Å². The minimum absolute atomic E-state index is 0.603. The van der Waals surface area contributed by atoms with Crippen LogP contribution in [-0.4, -0.2) is 19.7 Å². The van der Waals surface area contributed by atoms with Gasteiger partial charge in [0.1, 0.15) is 5.82 Å². The maximum Gasteiger partial charge on any atom is 0.180 e. The van der Waals surface area contributed by atoms with Crippen molar-refractivity contribution in [3.8, 4) is 0 Å². The van der Waals surface area contributed by atoms with Crippen LogP contribution in [0.2, 0.25) is 0 Å². The molecule has 0 radical (unpaired) electrons. The summed E-state index contributed by atoms with van der Waals surface area (Å²) < 4.78 is 1.82. The molecule has 0 atom stereocenters. The number of thiazole rings is 1. The summed E-state index contributed by atoms with van der Waals surface area (Å²) in [5.41, 5.74) is 6.55. The lowest BCUT2D eigenvalue weighted by Gasteiger charge is -1.95. The van der Waals surface area contributed by atoms with E-state index in [4.69, 9.17) is 5.73 Å². The lowest BCUT2D eigenvalue weighted by atomic mass is 10.3. The summed E-state index contributed by atoms with van der Waals surface area (Å²) in [6.45, 7) is 2.12. The number of rotatable bonds is 4. The van der Waals surface area contributed by atoms with Crippen LogP contribution in [0.3, 0.4) is 0 Å². The van der Waals surface area contributed by atoms with E-state index < -0.39 is 0 Å². The molecule has 2 aromatic heterocycles. The molecule has 0 aromatic carbocycles. The predicted molar refractivity (Wildman–Crippen MR) is 64.3 cm³/mol. The van der Waals surface area contributed by atoms with Crippen LogP contribution < -0.4 is 5.73 Å². The van der Waals surface area contributed by atoms with Crippen molar-refractivity contribution in [3.63, 3.8) is 0 Å². The van der Waals surface area contributed by atoms with E-state index in [0.717, 1.165) is 30.2 Å². The Hall–Kier alpha value is -1.43. The summed E-state index contributed by atoms with van der Waals surface area (Å²) in [5, 5.41) is 6.92. The molecule has 5 nitrogen and oxygen atoms in total. The van der Waals surface area contributed by atoms with Crippen LogP contribution in [0.4, 0.5) is 5.13 Å². The monoisotopic (exact) mass is 237 g/mol. The van der Waals surface area contributed by atoms with Gasteiger partial charge in [-0.25, -0.2) is 9.97 Å². The van der Waals surface area contributed by atoms with E-state index in [1.165, 1.54) is 11.3 Å². The van der Waals surface area contributed by atoms with Gasteiger partial charge in [0, 0.05) is 18.8 Å². The fourth-order valence-corrected chi connectivity index (χ4v) is 2.09. The molecule has 0 aliphatic heterocycles. The third-order valence-electron chi connectivity index (χ3n) is 2.28. The second-order valence-electron chi connectivity index (χ2n) is 3.67. The highest BCUT2D eigenvalue weighted by Crippen LogP contribution is 2.14.